The smallest absolute Gasteiger partial charge is 0.243 e. The van der Waals surface area contributed by atoms with Gasteiger partial charge in [-0.25, -0.2) is 8.42 Å². The molecule has 0 radical (unpaired) electrons. The molecule has 1 aliphatic heterocycles. The van der Waals surface area contributed by atoms with E-state index in [9.17, 15) is 12.6 Å². The van der Waals surface area contributed by atoms with Gasteiger partial charge in [0.15, 0.2) is 0 Å². The second-order valence-electron chi connectivity index (χ2n) is 4.33. The first kappa shape index (κ1) is 13.5. The van der Waals surface area contributed by atoms with Gasteiger partial charge in [-0.05, 0) is 30.7 Å². The van der Waals surface area contributed by atoms with Crippen molar-refractivity contribution in [1.82, 2.24) is 4.31 Å². The van der Waals surface area contributed by atoms with E-state index in [1.807, 2.05) is 0 Å². The van der Waals surface area contributed by atoms with E-state index in [0.29, 0.717) is 30.3 Å². The molecular weight excluding hydrogens is 272 g/mol. The standard InChI is InChI=1S/C11H16N2O3S2/c1-9-6-10(12)8-11(7-9)18(15,16)13-2-4-17(14)5-3-13/h6-8H,2-5,12H2,1H3. The van der Waals surface area contributed by atoms with Crippen LogP contribution in [0.2, 0.25) is 0 Å². The summed E-state index contributed by atoms with van der Waals surface area (Å²) in [5.74, 6) is 0.807. The fourth-order valence-corrected chi connectivity index (χ4v) is 4.80. The SMILES string of the molecule is Cc1cc(N)cc(S(=O)(=O)N2CCS(=O)CC2)c1. The van der Waals surface area contributed by atoms with E-state index in [2.05, 4.69) is 0 Å². The lowest BCUT2D eigenvalue weighted by Gasteiger charge is -2.25. The Morgan fingerprint density at radius 2 is 1.83 bits per heavy atom. The van der Waals surface area contributed by atoms with Crippen LogP contribution in [0.25, 0.3) is 0 Å². The van der Waals surface area contributed by atoms with Gasteiger partial charge in [0, 0.05) is 41.1 Å². The highest BCUT2D eigenvalue weighted by Crippen LogP contribution is 2.21. The van der Waals surface area contributed by atoms with Crippen LogP contribution in [0.4, 0.5) is 5.69 Å². The van der Waals surface area contributed by atoms with E-state index in [0.717, 1.165) is 5.56 Å². The number of hydrogen-bond acceptors (Lipinski definition) is 4. The minimum atomic E-state index is -3.51. The Morgan fingerprint density at radius 1 is 1.22 bits per heavy atom. The molecule has 0 aromatic heterocycles. The molecule has 0 spiro atoms. The van der Waals surface area contributed by atoms with Crippen LogP contribution in [0.3, 0.4) is 0 Å². The number of benzene rings is 1. The zero-order valence-electron chi connectivity index (χ0n) is 10.1. The maximum atomic E-state index is 12.4. The van der Waals surface area contributed by atoms with Crippen molar-refractivity contribution in [3.63, 3.8) is 0 Å². The summed E-state index contributed by atoms with van der Waals surface area (Å²) in [4.78, 5) is 0.215. The Kier molecular flexibility index (Phi) is 3.74. The van der Waals surface area contributed by atoms with Gasteiger partial charge in [0.2, 0.25) is 10.0 Å². The van der Waals surface area contributed by atoms with Crippen molar-refractivity contribution >= 4 is 26.5 Å². The van der Waals surface area contributed by atoms with Gasteiger partial charge in [-0.3, -0.25) is 4.21 Å². The van der Waals surface area contributed by atoms with Gasteiger partial charge in [0.05, 0.1) is 4.90 Å². The number of nitrogens with two attached hydrogens (primary N) is 1. The van der Waals surface area contributed by atoms with Crippen molar-refractivity contribution in [2.24, 2.45) is 0 Å². The van der Waals surface area contributed by atoms with Crippen molar-refractivity contribution in [1.29, 1.82) is 0 Å². The lowest BCUT2D eigenvalue weighted by Crippen LogP contribution is -2.41. The summed E-state index contributed by atoms with van der Waals surface area (Å²) in [6.07, 6.45) is 0. The summed E-state index contributed by atoms with van der Waals surface area (Å²) in [5, 5.41) is 0. The predicted molar refractivity (Wildman–Crippen MR) is 72.2 cm³/mol. The quantitative estimate of drug-likeness (QED) is 0.795. The zero-order chi connectivity index (χ0) is 13.3. The number of sulfonamides is 1. The highest BCUT2D eigenvalue weighted by atomic mass is 32.2. The number of hydrogen-bond donors (Lipinski definition) is 1. The molecule has 0 aliphatic carbocycles. The largest absolute Gasteiger partial charge is 0.399 e. The Labute approximate surface area is 109 Å². The first-order chi connectivity index (χ1) is 8.39. The molecule has 2 N–H and O–H groups in total. The molecule has 1 aliphatic rings. The van der Waals surface area contributed by atoms with Gasteiger partial charge in [0.25, 0.3) is 0 Å². The average Bonchev–Trinajstić information content (AvgIpc) is 2.28. The fraction of sp³-hybridized carbons (Fsp3) is 0.455. The zero-order valence-corrected chi connectivity index (χ0v) is 11.8. The summed E-state index contributed by atoms with van der Waals surface area (Å²) in [5.41, 5.74) is 6.93. The summed E-state index contributed by atoms with van der Waals surface area (Å²) < 4.78 is 37.4. The maximum absolute atomic E-state index is 12.4. The van der Waals surface area contributed by atoms with Gasteiger partial charge < -0.3 is 5.73 Å². The van der Waals surface area contributed by atoms with Crippen molar-refractivity contribution < 1.29 is 12.6 Å². The summed E-state index contributed by atoms with van der Waals surface area (Å²) in [6.45, 7) is 2.42. The molecule has 7 heteroatoms. The van der Waals surface area contributed by atoms with E-state index in [1.165, 1.54) is 10.4 Å². The summed E-state index contributed by atoms with van der Waals surface area (Å²) >= 11 is 0. The third-order valence-electron chi connectivity index (χ3n) is 2.85. The number of aryl methyl sites for hydroxylation is 1. The van der Waals surface area contributed by atoms with E-state index in [4.69, 9.17) is 5.73 Å². The molecule has 0 unspecified atom stereocenters. The molecular formula is C11H16N2O3S2. The van der Waals surface area contributed by atoms with Crippen LogP contribution in [0.1, 0.15) is 5.56 Å². The number of rotatable bonds is 2. The second kappa shape index (κ2) is 4.99. The van der Waals surface area contributed by atoms with Crippen molar-refractivity contribution in [2.45, 2.75) is 11.8 Å². The molecule has 1 saturated heterocycles. The molecule has 1 aromatic rings. The maximum Gasteiger partial charge on any atom is 0.243 e. The van der Waals surface area contributed by atoms with Crippen LogP contribution in [-0.2, 0) is 20.8 Å². The van der Waals surface area contributed by atoms with Gasteiger partial charge in [-0.2, -0.15) is 4.31 Å². The van der Waals surface area contributed by atoms with Crippen LogP contribution in [0, 0.1) is 6.92 Å². The molecule has 0 saturated carbocycles. The van der Waals surface area contributed by atoms with Crippen LogP contribution in [-0.4, -0.2) is 41.5 Å². The molecule has 2 rings (SSSR count). The van der Waals surface area contributed by atoms with Crippen molar-refractivity contribution in [3.8, 4) is 0 Å². The topological polar surface area (TPSA) is 80.5 Å². The lowest BCUT2D eigenvalue weighted by molar-refractivity contribution is 0.438. The van der Waals surface area contributed by atoms with E-state index in [1.54, 1.807) is 19.1 Å². The lowest BCUT2D eigenvalue weighted by atomic mass is 10.2. The van der Waals surface area contributed by atoms with Gasteiger partial charge in [-0.15, -0.1) is 0 Å². The van der Waals surface area contributed by atoms with Crippen LogP contribution < -0.4 is 5.73 Å². The molecule has 1 aromatic carbocycles. The van der Waals surface area contributed by atoms with Crippen LogP contribution in [0.5, 0.6) is 0 Å². The molecule has 0 atom stereocenters. The Morgan fingerprint density at radius 3 is 2.39 bits per heavy atom. The minimum Gasteiger partial charge on any atom is -0.399 e. The van der Waals surface area contributed by atoms with Gasteiger partial charge in [-0.1, -0.05) is 0 Å². The molecule has 18 heavy (non-hydrogen) atoms. The van der Waals surface area contributed by atoms with E-state index in [-0.39, 0.29) is 4.90 Å². The predicted octanol–water partition coefficient (Wildman–Crippen LogP) is 0.330. The monoisotopic (exact) mass is 288 g/mol. The molecule has 0 amide bonds. The summed E-state index contributed by atoms with van der Waals surface area (Å²) in [7, 11) is -4.40. The van der Waals surface area contributed by atoms with Crippen molar-refractivity contribution in [3.05, 3.63) is 23.8 Å². The highest BCUT2D eigenvalue weighted by Gasteiger charge is 2.28. The molecule has 1 fully saturated rings. The number of anilines is 1. The molecule has 1 heterocycles. The van der Waals surface area contributed by atoms with E-state index >= 15 is 0 Å². The number of nitrogen functional groups attached to an aromatic ring is 1. The van der Waals surface area contributed by atoms with E-state index < -0.39 is 20.8 Å². The fourth-order valence-electron chi connectivity index (χ4n) is 1.94. The van der Waals surface area contributed by atoms with Gasteiger partial charge >= 0.3 is 0 Å². The third-order valence-corrected chi connectivity index (χ3v) is 6.00. The van der Waals surface area contributed by atoms with Gasteiger partial charge in [0.1, 0.15) is 0 Å². The Balaban J connectivity index is 2.33. The van der Waals surface area contributed by atoms with Crippen molar-refractivity contribution in [2.75, 3.05) is 30.3 Å². The third kappa shape index (κ3) is 2.73. The molecule has 5 nitrogen and oxygen atoms in total. The minimum absolute atomic E-state index is 0.215. The summed E-state index contributed by atoms with van der Waals surface area (Å²) in [6, 6.07) is 4.80. The number of nitrogens with zero attached hydrogens (tertiary/aromatic N) is 1. The first-order valence-corrected chi connectivity index (χ1v) is 8.55. The molecule has 0 bridgehead atoms. The molecule has 100 valence electrons. The van der Waals surface area contributed by atoms with Crippen LogP contribution in [0.15, 0.2) is 23.1 Å². The van der Waals surface area contributed by atoms with Crippen LogP contribution >= 0.6 is 0 Å². The normalized spacial score (nSPS) is 18.9. The average molecular weight is 288 g/mol. The Bertz CT molecular complexity index is 554. The highest BCUT2D eigenvalue weighted by molar-refractivity contribution is 7.89. The Hall–Kier alpha value is -0.920. The second-order valence-corrected chi connectivity index (χ2v) is 7.97. The first-order valence-electron chi connectivity index (χ1n) is 5.62.